The summed E-state index contributed by atoms with van der Waals surface area (Å²) in [6, 6.07) is 9.83. The molecule has 0 atom stereocenters. The molecule has 0 radical (unpaired) electrons. The summed E-state index contributed by atoms with van der Waals surface area (Å²) < 4.78 is 5.63. The Morgan fingerprint density at radius 2 is 2.00 bits per heavy atom. The van der Waals surface area contributed by atoms with Gasteiger partial charge in [0.25, 0.3) is 5.22 Å². The van der Waals surface area contributed by atoms with Gasteiger partial charge in [-0.25, -0.2) is 4.98 Å². The number of thioether (sulfide) groups is 1. The largest absolute Gasteiger partial charge is 0.436 e. The highest BCUT2D eigenvalue weighted by Crippen LogP contribution is 2.26. The molecule has 0 fully saturated rings. The Labute approximate surface area is 129 Å². The highest BCUT2D eigenvalue weighted by Gasteiger charge is 2.19. The third-order valence-corrected chi connectivity index (χ3v) is 3.73. The molecule has 0 unspecified atom stereocenters. The van der Waals surface area contributed by atoms with E-state index in [4.69, 9.17) is 4.42 Å². The van der Waals surface area contributed by atoms with Gasteiger partial charge in [0.05, 0.1) is 11.9 Å². The standard InChI is InChI=1S/C16H20N2O2S/c1-16(2,3)13-10-18-15(20-13)21-11-14(19)17-9-12-7-5-4-6-8-12/h4-8,10H,9,11H2,1-3H3,(H,17,19). The summed E-state index contributed by atoms with van der Waals surface area (Å²) in [6.07, 6.45) is 1.73. The van der Waals surface area contributed by atoms with Crippen LogP contribution >= 0.6 is 11.8 Å². The third kappa shape index (κ3) is 4.93. The zero-order valence-corrected chi connectivity index (χ0v) is 13.4. The second kappa shape index (κ2) is 6.80. The number of nitrogens with one attached hydrogen (secondary N) is 1. The van der Waals surface area contributed by atoms with Gasteiger partial charge in [-0.2, -0.15) is 0 Å². The van der Waals surface area contributed by atoms with Gasteiger partial charge in [0.2, 0.25) is 5.91 Å². The molecular weight excluding hydrogens is 284 g/mol. The Kier molecular flexibility index (Phi) is 5.07. The van der Waals surface area contributed by atoms with E-state index in [1.54, 1.807) is 6.20 Å². The van der Waals surface area contributed by atoms with Crippen LogP contribution < -0.4 is 5.32 Å². The highest BCUT2D eigenvalue weighted by molar-refractivity contribution is 7.99. The molecule has 5 heteroatoms. The average Bonchev–Trinajstić information content (AvgIpc) is 2.93. The number of amides is 1. The Morgan fingerprint density at radius 3 is 2.62 bits per heavy atom. The molecule has 1 heterocycles. The van der Waals surface area contributed by atoms with Crippen molar-refractivity contribution in [3.8, 4) is 0 Å². The van der Waals surface area contributed by atoms with Crippen molar-refractivity contribution in [1.29, 1.82) is 0 Å². The minimum Gasteiger partial charge on any atom is -0.436 e. The maximum absolute atomic E-state index is 11.8. The topological polar surface area (TPSA) is 55.1 Å². The van der Waals surface area contributed by atoms with Crippen LogP contribution in [0.5, 0.6) is 0 Å². The number of aromatic nitrogens is 1. The molecule has 4 nitrogen and oxygen atoms in total. The van der Waals surface area contributed by atoms with Crippen molar-refractivity contribution in [2.45, 2.75) is 38.0 Å². The summed E-state index contributed by atoms with van der Waals surface area (Å²) >= 11 is 1.31. The fourth-order valence-corrected chi connectivity index (χ4v) is 2.28. The minimum atomic E-state index is -0.0681. The molecule has 0 aliphatic rings. The summed E-state index contributed by atoms with van der Waals surface area (Å²) in [5, 5.41) is 3.41. The minimum absolute atomic E-state index is 0.0284. The van der Waals surface area contributed by atoms with Crippen LogP contribution in [0, 0.1) is 0 Å². The van der Waals surface area contributed by atoms with Gasteiger partial charge in [-0.1, -0.05) is 62.9 Å². The van der Waals surface area contributed by atoms with E-state index in [9.17, 15) is 4.79 Å². The van der Waals surface area contributed by atoms with E-state index in [1.165, 1.54) is 11.8 Å². The Bertz CT molecular complexity index is 588. The SMILES string of the molecule is CC(C)(C)c1cnc(SCC(=O)NCc2ccccc2)o1. The number of benzene rings is 1. The van der Waals surface area contributed by atoms with E-state index in [0.717, 1.165) is 11.3 Å². The Balaban J connectivity index is 1.78. The lowest BCUT2D eigenvalue weighted by Gasteiger charge is -2.12. The van der Waals surface area contributed by atoms with Crippen LogP contribution in [0.2, 0.25) is 0 Å². The third-order valence-electron chi connectivity index (χ3n) is 2.88. The average molecular weight is 304 g/mol. The van der Waals surface area contributed by atoms with E-state index in [-0.39, 0.29) is 11.3 Å². The predicted octanol–water partition coefficient (Wildman–Crippen LogP) is 3.38. The lowest BCUT2D eigenvalue weighted by Crippen LogP contribution is -2.24. The van der Waals surface area contributed by atoms with Crippen LogP contribution in [0.15, 0.2) is 46.2 Å². The molecule has 0 aliphatic carbocycles. The molecule has 2 rings (SSSR count). The van der Waals surface area contributed by atoms with E-state index in [1.807, 2.05) is 30.3 Å². The van der Waals surface area contributed by atoms with E-state index in [0.29, 0.717) is 17.5 Å². The number of carbonyl (C=O) groups is 1. The summed E-state index contributed by atoms with van der Waals surface area (Å²) in [6.45, 7) is 6.73. The smallest absolute Gasteiger partial charge is 0.256 e. The predicted molar refractivity (Wildman–Crippen MR) is 84.2 cm³/mol. The summed E-state index contributed by atoms with van der Waals surface area (Å²) in [4.78, 5) is 16.0. The number of rotatable bonds is 5. The molecular formula is C16H20N2O2S. The molecule has 1 aromatic carbocycles. The van der Waals surface area contributed by atoms with Crippen molar-refractivity contribution in [1.82, 2.24) is 10.3 Å². The molecule has 21 heavy (non-hydrogen) atoms. The van der Waals surface area contributed by atoms with Gasteiger partial charge in [0.1, 0.15) is 5.76 Å². The number of hydrogen-bond donors (Lipinski definition) is 1. The van der Waals surface area contributed by atoms with Crippen LogP contribution in [0.4, 0.5) is 0 Å². The lowest BCUT2D eigenvalue weighted by atomic mass is 9.94. The summed E-state index contributed by atoms with van der Waals surface area (Å²) in [5.41, 5.74) is 1.02. The fraction of sp³-hybridized carbons (Fsp3) is 0.375. The second-order valence-corrected chi connectivity index (χ2v) is 6.72. The van der Waals surface area contributed by atoms with Crippen molar-refractivity contribution < 1.29 is 9.21 Å². The first kappa shape index (κ1) is 15.6. The molecule has 1 aromatic heterocycles. The molecule has 1 amide bonds. The van der Waals surface area contributed by atoms with Crippen LogP contribution in [-0.4, -0.2) is 16.6 Å². The molecule has 0 saturated carbocycles. The monoisotopic (exact) mass is 304 g/mol. The molecule has 1 N–H and O–H groups in total. The van der Waals surface area contributed by atoms with Crippen LogP contribution in [0.3, 0.4) is 0 Å². The van der Waals surface area contributed by atoms with Crippen molar-refractivity contribution in [2.75, 3.05) is 5.75 Å². The fourth-order valence-electron chi connectivity index (χ4n) is 1.65. The molecule has 112 valence electrons. The number of carbonyl (C=O) groups excluding carboxylic acids is 1. The molecule has 0 saturated heterocycles. The summed E-state index contributed by atoms with van der Waals surface area (Å²) in [7, 11) is 0. The quantitative estimate of drug-likeness (QED) is 0.860. The highest BCUT2D eigenvalue weighted by atomic mass is 32.2. The van der Waals surface area contributed by atoms with Crippen molar-refractivity contribution in [3.63, 3.8) is 0 Å². The van der Waals surface area contributed by atoms with E-state index in [2.05, 4.69) is 31.1 Å². The number of oxazole rings is 1. The molecule has 0 spiro atoms. The zero-order valence-electron chi connectivity index (χ0n) is 12.6. The van der Waals surface area contributed by atoms with E-state index < -0.39 is 0 Å². The maximum atomic E-state index is 11.8. The zero-order chi connectivity index (χ0) is 15.3. The van der Waals surface area contributed by atoms with Crippen molar-refractivity contribution >= 4 is 17.7 Å². The molecule has 0 aliphatic heterocycles. The Hall–Kier alpha value is -1.75. The van der Waals surface area contributed by atoms with Gasteiger partial charge >= 0.3 is 0 Å². The van der Waals surface area contributed by atoms with Crippen LogP contribution in [0.1, 0.15) is 32.1 Å². The van der Waals surface area contributed by atoms with Gasteiger partial charge in [-0.3, -0.25) is 4.79 Å². The second-order valence-electron chi connectivity index (χ2n) is 5.79. The first-order valence-corrected chi connectivity index (χ1v) is 7.83. The van der Waals surface area contributed by atoms with Gasteiger partial charge in [-0.15, -0.1) is 0 Å². The first-order chi connectivity index (χ1) is 9.95. The maximum Gasteiger partial charge on any atom is 0.256 e. The number of nitrogens with zero attached hydrogens (tertiary/aromatic N) is 1. The van der Waals surface area contributed by atoms with Gasteiger partial charge in [0, 0.05) is 12.0 Å². The lowest BCUT2D eigenvalue weighted by molar-refractivity contribution is -0.118. The Morgan fingerprint density at radius 1 is 1.29 bits per heavy atom. The molecule has 0 bridgehead atoms. The van der Waals surface area contributed by atoms with Gasteiger partial charge in [0.15, 0.2) is 0 Å². The van der Waals surface area contributed by atoms with Crippen LogP contribution in [0.25, 0.3) is 0 Å². The van der Waals surface area contributed by atoms with Crippen molar-refractivity contribution in [2.24, 2.45) is 0 Å². The van der Waals surface area contributed by atoms with E-state index >= 15 is 0 Å². The van der Waals surface area contributed by atoms with Crippen LogP contribution in [-0.2, 0) is 16.8 Å². The first-order valence-electron chi connectivity index (χ1n) is 6.85. The molecule has 2 aromatic rings. The number of hydrogen-bond acceptors (Lipinski definition) is 4. The van der Waals surface area contributed by atoms with Crippen molar-refractivity contribution in [3.05, 3.63) is 47.9 Å². The summed E-state index contributed by atoms with van der Waals surface area (Å²) in [5.74, 6) is 1.10. The van der Waals surface area contributed by atoms with Gasteiger partial charge < -0.3 is 9.73 Å². The van der Waals surface area contributed by atoms with Gasteiger partial charge in [-0.05, 0) is 5.56 Å². The normalized spacial score (nSPS) is 11.4.